The Labute approximate surface area is 249 Å². The number of sulfonamides is 1. The molecular formula is C32H40ClN3O4S. The van der Waals surface area contributed by atoms with Crippen molar-refractivity contribution < 1.29 is 18.0 Å². The quantitative estimate of drug-likeness (QED) is 0.270. The fraction of sp³-hybridized carbons (Fsp3) is 0.375. The highest BCUT2D eigenvalue weighted by molar-refractivity contribution is 7.92. The highest BCUT2D eigenvalue weighted by Crippen LogP contribution is 2.27. The van der Waals surface area contributed by atoms with E-state index < -0.39 is 28.5 Å². The van der Waals surface area contributed by atoms with Crippen LogP contribution < -0.4 is 9.62 Å². The zero-order chi connectivity index (χ0) is 30.3. The number of nitrogens with one attached hydrogen (secondary N) is 1. The van der Waals surface area contributed by atoms with Gasteiger partial charge in [-0.05, 0) is 93.6 Å². The van der Waals surface area contributed by atoms with Gasteiger partial charge in [0.2, 0.25) is 11.8 Å². The molecule has 7 nitrogen and oxygen atoms in total. The molecule has 0 saturated carbocycles. The van der Waals surface area contributed by atoms with Crippen LogP contribution in [0, 0.1) is 20.8 Å². The SMILES string of the molecule is CC[C@H](C(=O)N[C@@H](C)CC)N(Cc1ccc(Cl)cc1)C(=O)CN(c1cc(C)cc(C)c1)S(=O)(=O)c1ccc(C)cc1. The van der Waals surface area contributed by atoms with Crippen LogP contribution in [-0.2, 0) is 26.2 Å². The molecule has 0 radical (unpaired) electrons. The van der Waals surface area contributed by atoms with Gasteiger partial charge in [-0.15, -0.1) is 0 Å². The smallest absolute Gasteiger partial charge is 0.264 e. The van der Waals surface area contributed by atoms with Crippen molar-refractivity contribution in [2.75, 3.05) is 10.8 Å². The lowest BCUT2D eigenvalue weighted by molar-refractivity contribution is -0.140. The zero-order valence-corrected chi connectivity index (χ0v) is 26.2. The third-order valence-electron chi connectivity index (χ3n) is 7.04. The maximum atomic E-state index is 14.2. The van der Waals surface area contributed by atoms with Gasteiger partial charge in [0.15, 0.2) is 0 Å². The third kappa shape index (κ3) is 8.33. The molecule has 3 aromatic carbocycles. The molecule has 0 unspecified atom stereocenters. The maximum absolute atomic E-state index is 14.2. The second-order valence-electron chi connectivity index (χ2n) is 10.6. The molecule has 0 aliphatic carbocycles. The summed E-state index contributed by atoms with van der Waals surface area (Å²) < 4.78 is 29.2. The number of nitrogens with zero attached hydrogens (tertiary/aromatic N) is 2. The Bertz CT molecular complexity index is 1440. The second-order valence-corrected chi connectivity index (χ2v) is 12.9. The molecule has 3 rings (SSSR count). The summed E-state index contributed by atoms with van der Waals surface area (Å²) >= 11 is 6.09. The van der Waals surface area contributed by atoms with Crippen molar-refractivity contribution in [3.05, 3.63) is 94.0 Å². The first-order valence-corrected chi connectivity index (χ1v) is 15.7. The molecule has 0 heterocycles. The number of anilines is 1. The van der Waals surface area contributed by atoms with Gasteiger partial charge in [-0.25, -0.2) is 8.42 Å². The van der Waals surface area contributed by atoms with Crippen LogP contribution in [0.15, 0.2) is 71.6 Å². The summed E-state index contributed by atoms with van der Waals surface area (Å²) in [6.45, 7) is 11.0. The van der Waals surface area contributed by atoms with Crippen LogP contribution in [0.5, 0.6) is 0 Å². The van der Waals surface area contributed by atoms with E-state index in [4.69, 9.17) is 11.6 Å². The lowest BCUT2D eigenvalue weighted by Crippen LogP contribution is -2.53. The van der Waals surface area contributed by atoms with Crippen LogP contribution in [0.2, 0.25) is 5.02 Å². The lowest BCUT2D eigenvalue weighted by Gasteiger charge is -2.34. The monoisotopic (exact) mass is 597 g/mol. The summed E-state index contributed by atoms with van der Waals surface area (Å²) in [5.74, 6) is -0.760. The average molecular weight is 598 g/mol. The topological polar surface area (TPSA) is 86.8 Å². The largest absolute Gasteiger partial charge is 0.352 e. The number of rotatable bonds is 12. The minimum absolute atomic E-state index is 0.0716. The summed E-state index contributed by atoms with van der Waals surface area (Å²) in [5, 5.41) is 3.54. The first-order valence-electron chi connectivity index (χ1n) is 13.9. The average Bonchev–Trinajstić information content (AvgIpc) is 2.92. The van der Waals surface area contributed by atoms with Crippen molar-refractivity contribution in [3.63, 3.8) is 0 Å². The predicted octanol–water partition coefficient (Wildman–Crippen LogP) is 6.18. The van der Waals surface area contributed by atoms with E-state index in [0.29, 0.717) is 17.1 Å². The number of hydrogen-bond acceptors (Lipinski definition) is 4. The second kappa shape index (κ2) is 14.0. The standard InChI is InChI=1S/C32H40ClN3O4S/c1-7-25(6)34-32(38)30(8-2)35(20-26-11-13-27(33)14-12-26)31(37)21-36(28-18-23(4)17-24(5)19-28)41(39,40)29-15-9-22(3)10-16-29/h9-19,25,30H,7-8,20-21H2,1-6H3,(H,34,38)/t25-,30+/m0/s1. The van der Waals surface area contributed by atoms with Gasteiger partial charge >= 0.3 is 0 Å². The van der Waals surface area contributed by atoms with E-state index in [9.17, 15) is 18.0 Å². The van der Waals surface area contributed by atoms with E-state index in [1.807, 2.05) is 47.6 Å². The van der Waals surface area contributed by atoms with Crippen LogP contribution in [0.25, 0.3) is 0 Å². The number of halogens is 1. The van der Waals surface area contributed by atoms with Crippen LogP contribution in [0.1, 0.15) is 55.9 Å². The molecule has 0 saturated heterocycles. The first kappa shape index (κ1) is 32.2. The van der Waals surface area contributed by atoms with E-state index in [0.717, 1.165) is 33.0 Å². The number of carbonyl (C=O) groups excluding carboxylic acids is 2. The lowest BCUT2D eigenvalue weighted by atomic mass is 10.1. The molecule has 2 amide bonds. The summed E-state index contributed by atoms with van der Waals surface area (Å²) in [7, 11) is -4.12. The molecule has 0 fully saturated rings. The number of carbonyl (C=O) groups is 2. The Hall–Kier alpha value is -3.36. The Morgan fingerprint density at radius 3 is 1.98 bits per heavy atom. The van der Waals surface area contributed by atoms with Crippen LogP contribution in [0.4, 0.5) is 5.69 Å². The molecule has 3 aromatic rings. The van der Waals surface area contributed by atoms with E-state index in [1.165, 1.54) is 4.90 Å². The van der Waals surface area contributed by atoms with Crippen LogP contribution in [0.3, 0.4) is 0 Å². The summed E-state index contributed by atoms with van der Waals surface area (Å²) in [6.07, 6.45) is 1.10. The summed E-state index contributed by atoms with van der Waals surface area (Å²) in [5.41, 5.74) is 3.82. The third-order valence-corrected chi connectivity index (χ3v) is 9.08. The fourth-order valence-electron chi connectivity index (χ4n) is 4.61. The van der Waals surface area contributed by atoms with Gasteiger partial charge in [0.25, 0.3) is 10.0 Å². The van der Waals surface area contributed by atoms with Gasteiger partial charge in [0.1, 0.15) is 12.6 Å². The van der Waals surface area contributed by atoms with Gasteiger partial charge in [0, 0.05) is 17.6 Å². The minimum atomic E-state index is -4.12. The number of hydrogen-bond donors (Lipinski definition) is 1. The van der Waals surface area contributed by atoms with Gasteiger partial charge in [-0.3, -0.25) is 13.9 Å². The van der Waals surface area contributed by atoms with Gasteiger partial charge in [-0.2, -0.15) is 0 Å². The van der Waals surface area contributed by atoms with Crippen molar-refractivity contribution >= 4 is 39.1 Å². The Balaban J connectivity index is 2.09. The first-order chi connectivity index (χ1) is 19.3. The number of aryl methyl sites for hydroxylation is 3. The molecule has 2 atom stereocenters. The molecule has 9 heteroatoms. The van der Waals surface area contributed by atoms with E-state index in [-0.39, 0.29) is 23.4 Å². The van der Waals surface area contributed by atoms with E-state index >= 15 is 0 Å². The number of amides is 2. The Kier molecular flexibility index (Phi) is 11.0. The maximum Gasteiger partial charge on any atom is 0.264 e. The molecule has 0 bridgehead atoms. The van der Waals surface area contributed by atoms with Gasteiger partial charge in [0.05, 0.1) is 10.6 Å². The Morgan fingerprint density at radius 1 is 0.854 bits per heavy atom. The predicted molar refractivity (Wildman–Crippen MR) is 166 cm³/mol. The fourth-order valence-corrected chi connectivity index (χ4v) is 6.13. The molecule has 0 aliphatic heterocycles. The molecule has 41 heavy (non-hydrogen) atoms. The Morgan fingerprint density at radius 2 is 1.44 bits per heavy atom. The minimum Gasteiger partial charge on any atom is -0.352 e. The van der Waals surface area contributed by atoms with Crippen molar-refractivity contribution in [2.24, 2.45) is 0 Å². The summed E-state index contributed by atoms with van der Waals surface area (Å²) in [6, 6.07) is 18.2. The molecule has 1 N–H and O–H groups in total. The number of benzene rings is 3. The molecular weight excluding hydrogens is 558 g/mol. The van der Waals surface area contributed by atoms with E-state index in [1.54, 1.807) is 60.7 Å². The van der Waals surface area contributed by atoms with Crippen LogP contribution >= 0.6 is 11.6 Å². The molecule has 0 aromatic heterocycles. The van der Waals surface area contributed by atoms with Crippen molar-refractivity contribution in [1.29, 1.82) is 0 Å². The normalized spacial score (nSPS) is 12.9. The van der Waals surface area contributed by atoms with Crippen molar-refractivity contribution in [2.45, 2.75) is 77.9 Å². The summed E-state index contributed by atoms with van der Waals surface area (Å²) in [4.78, 5) is 29.1. The van der Waals surface area contributed by atoms with E-state index in [2.05, 4.69) is 5.32 Å². The molecule has 0 aliphatic rings. The van der Waals surface area contributed by atoms with Gasteiger partial charge < -0.3 is 10.2 Å². The zero-order valence-electron chi connectivity index (χ0n) is 24.6. The van der Waals surface area contributed by atoms with Crippen LogP contribution in [-0.4, -0.2) is 43.8 Å². The van der Waals surface area contributed by atoms with Gasteiger partial charge in [-0.1, -0.05) is 61.3 Å². The molecule has 220 valence electrons. The highest BCUT2D eigenvalue weighted by Gasteiger charge is 2.34. The molecule has 0 spiro atoms. The highest BCUT2D eigenvalue weighted by atomic mass is 35.5. The van der Waals surface area contributed by atoms with Crippen molar-refractivity contribution in [1.82, 2.24) is 10.2 Å². The van der Waals surface area contributed by atoms with Crippen molar-refractivity contribution in [3.8, 4) is 0 Å².